The number of esters is 1. The standard InChI is InChI=1S/C25H38N4O4.2ClH/c30-24(33-23-5-3-1-2-4-6-23)19-32-22-9-7-20(8-10-22)27-25(31)29-17-15-28(16-18-29)21-11-13-26-14-12-21;;/h7-10,21,23,26H,1-6,11-19H2,(H,27,31);2*1H. The van der Waals surface area contributed by atoms with Crippen molar-refractivity contribution in [3.8, 4) is 5.75 Å². The molecule has 2 amide bonds. The Morgan fingerprint density at radius 2 is 1.51 bits per heavy atom. The van der Waals surface area contributed by atoms with Crippen LogP contribution in [0.1, 0.15) is 51.4 Å². The molecule has 35 heavy (non-hydrogen) atoms. The smallest absolute Gasteiger partial charge is 0.344 e. The van der Waals surface area contributed by atoms with E-state index in [1.54, 1.807) is 24.3 Å². The molecule has 0 atom stereocenters. The molecular formula is C25H40Cl2N4O4. The molecule has 10 heteroatoms. The van der Waals surface area contributed by atoms with E-state index in [2.05, 4.69) is 15.5 Å². The fraction of sp³-hybridized carbons (Fsp3) is 0.680. The number of rotatable bonds is 6. The number of piperazine rings is 1. The first kappa shape index (κ1) is 29.5. The zero-order valence-electron chi connectivity index (χ0n) is 20.4. The van der Waals surface area contributed by atoms with E-state index in [4.69, 9.17) is 9.47 Å². The topological polar surface area (TPSA) is 83.1 Å². The van der Waals surface area contributed by atoms with Gasteiger partial charge in [-0.15, -0.1) is 24.8 Å². The molecule has 0 radical (unpaired) electrons. The number of urea groups is 1. The number of hydrogen-bond acceptors (Lipinski definition) is 6. The van der Waals surface area contributed by atoms with Crippen molar-refractivity contribution in [2.75, 3.05) is 51.2 Å². The SMILES string of the molecule is Cl.Cl.O=C(COc1ccc(NC(=O)N2CCN(C3CCNCC3)CC2)cc1)OC1CCCCCC1. The van der Waals surface area contributed by atoms with Crippen molar-refractivity contribution >= 4 is 42.5 Å². The first-order valence-electron chi connectivity index (χ1n) is 12.6. The van der Waals surface area contributed by atoms with E-state index >= 15 is 0 Å². The van der Waals surface area contributed by atoms with Crippen molar-refractivity contribution < 1.29 is 19.1 Å². The van der Waals surface area contributed by atoms with Crippen LogP contribution in [0, 0.1) is 0 Å². The molecule has 3 fully saturated rings. The molecule has 2 N–H and O–H groups in total. The summed E-state index contributed by atoms with van der Waals surface area (Å²) in [5.74, 6) is 0.268. The monoisotopic (exact) mass is 530 g/mol. The van der Waals surface area contributed by atoms with E-state index in [-0.39, 0.29) is 49.5 Å². The van der Waals surface area contributed by atoms with Gasteiger partial charge in [0.2, 0.25) is 0 Å². The molecule has 3 aliphatic rings. The molecule has 1 aromatic carbocycles. The van der Waals surface area contributed by atoms with Crippen LogP contribution in [0.15, 0.2) is 24.3 Å². The third kappa shape index (κ3) is 9.33. The zero-order chi connectivity index (χ0) is 22.9. The molecule has 2 saturated heterocycles. The summed E-state index contributed by atoms with van der Waals surface area (Å²) in [6.45, 7) is 5.45. The lowest BCUT2D eigenvalue weighted by molar-refractivity contribution is -0.152. The Labute approximate surface area is 221 Å². The van der Waals surface area contributed by atoms with Gasteiger partial charge in [-0.2, -0.15) is 0 Å². The fourth-order valence-corrected chi connectivity index (χ4v) is 5.02. The summed E-state index contributed by atoms with van der Waals surface area (Å²) in [6.07, 6.45) is 9.02. The first-order chi connectivity index (χ1) is 16.2. The molecular weight excluding hydrogens is 491 g/mol. The highest BCUT2D eigenvalue weighted by Crippen LogP contribution is 2.21. The second kappa shape index (κ2) is 15.4. The van der Waals surface area contributed by atoms with Crippen molar-refractivity contribution in [3.63, 3.8) is 0 Å². The minimum Gasteiger partial charge on any atom is -0.482 e. The number of benzene rings is 1. The van der Waals surface area contributed by atoms with Crippen LogP contribution in [0.5, 0.6) is 5.75 Å². The first-order valence-corrected chi connectivity index (χ1v) is 12.6. The predicted octanol–water partition coefficient (Wildman–Crippen LogP) is 4.08. The molecule has 1 aromatic rings. The van der Waals surface area contributed by atoms with E-state index in [0.29, 0.717) is 17.5 Å². The van der Waals surface area contributed by atoms with Crippen LogP contribution < -0.4 is 15.4 Å². The van der Waals surface area contributed by atoms with Crippen molar-refractivity contribution in [2.24, 2.45) is 0 Å². The van der Waals surface area contributed by atoms with Crippen LogP contribution in [-0.4, -0.2) is 79.8 Å². The van der Waals surface area contributed by atoms with Gasteiger partial charge in [0.25, 0.3) is 0 Å². The molecule has 0 spiro atoms. The minimum absolute atomic E-state index is 0. The number of hydrogen-bond donors (Lipinski definition) is 2. The number of carbonyl (C=O) groups excluding carboxylic acids is 2. The van der Waals surface area contributed by atoms with E-state index in [9.17, 15) is 9.59 Å². The van der Waals surface area contributed by atoms with Gasteiger partial charge in [-0.3, -0.25) is 4.90 Å². The largest absolute Gasteiger partial charge is 0.482 e. The number of halogens is 2. The van der Waals surface area contributed by atoms with Gasteiger partial charge < -0.3 is 25.0 Å². The van der Waals surface area contributed by atoms with Crippen molar-refractivity contribution in [1.29, 1.82) is 0 Å². The van der Waals surface area contributed by atoms with E-state index in [0.717, 1.165) is 65.0 Å². The Kier molecular flexibility index (Phi) is 13.0. The molecule has 198 valence electrons. The minimum atomic E-state index is -0.317. The van der Waals surface area contributed by atoms with Gasteiger partial charge in [-0.1, -0.05) is 12.8 Å². The summed E-state index contributed by atoms with van der Waals surface area (Å²) in [7, 11) is 0. The molecule has 2 heterocycles. The zero-order valence-corrected chi connectivity index (χ0v) is 22.0. The van der Waals surface area contributed by atoms with E-state index < -0.39 is 0 Å². The summed E-state index contributed by atoms with van der Waals surface area (Å²) in [5.41, 5.74) is 0.717. The third-order valence-electron chi connectivity index (χ3n) is 6.99. The highest BCUT2D eigenvalue weighted by molar-refractivity contribution is 5.89. The van der Waals surface area contributed by atoms with Gasteiger partial charge in [0.05, 0.1) is 0 Å². The Morgan fingerprint density at radius 1 is 0.886 bits per heavy atom. The number of ether oxygens (including phenoxy) is 2. The maximum absolute atomic E-state index is 12.7. The number of amides is 2. The number of piperidine rings is 1. The van der Waals surface area contributed by atoms with Gasteiger partial charge in [-0.05, 0) is 75.9 Å². The van der Waals surface area contributed by atoms with E-state index in [1.165, 1.54) is 25.7 Å². The molecule has 4 rings (SSSR count). The molecule has 8 nitrogen and oxygen atoms in total. The molecule has 0 bridgehead atoms. The van der Waals surface area contributed by atoms with Crippen LogP contribution in [0.4, 0.5) is 10.5 Å². The lowest BCUT2D eigenvalue weighted by atomic mass is 10.0. The molecule has 0 unspecified atom stereocenters. The summed E-state index contributed by atoms with van der Waals surface area (Å²) < 4.78 is 11.1. The fourth-order valence-electron chi connectivity index (χ4n) is 5.02. The van der Waals surface area contributed by atoms with E-state index in [1.807, 2.05) is 4.90 Å². The van der Waals surface area contributed by atoms with Crippen LogP contribution in [-0.2, 0) is 9.53 Å². The summed E-state index contributed by atoms with van der Waals surface area (Å²) in [4.78, 5) is 29.2. The maximum atomic E-state index is 12.7. The second-order valence-electron chi connectivity index (χ2n) is 9.35. The quantitative estimate of drug-likeness (QED) is 0.426. The maximum Gasteiger partial charge on any atom is 0.344 e. The van der Waals surface area contributed by atoms with Crippen LogP contribution >= 0.6 is 24.8 Å². The number of anilines is 1. The van der Waals surface area contributed by atoms with Crippen molar-refractivity contribution in [3.05, 3.63) is 24.3 Å². The third-order valence-corrected chi connectivity index (χ3v) is 6.99. The molecule has 0 aromatic heterocycles. The molecule has 1 aliphatic carbocycles. The van der Waals surface area contributed by atoms with Crippen LogP contribution in [0.3, 0.4) is 0 Å². The van der Waals surface area contributed by atoms with Crippen molar-refractivity contribution in [1.82, 2.24) is 15.1 Å². The van der Waals surface area contributed by atoms with Crippen molar-refractivity contribution in [2.45, 2.75) is 63.5 Å². The number of nitrogens with one attached hydrogen (secondary N) is 2. The summed E-state index contributed by atoms with van der Waals surface area (Å²) in [5, 5.41) is 6.38. The Balaban J connectivity index is 0.00000216. The van der Waals surface area contributed by atoms with Crippen LogP contribution in [0.25, 0.3) is 0 Å². The number of carbonyl (C=O) groups is 2. The lowest BCUT2D eigenvalue weighted by Crippen LogP contribution is -2.54. The Morgan fingerprint density at radius 3 is 2.14 bits per heavy atom. The molecule has 1 saturated carbocycles. The summed E-state index contributed by atoms with van der Waals surface area (Å²) in [6, 6.07) is 7.71. The van der Waals surface area contributed by atoms with Gasteiger partial charge >= 0.3 is 12.0 Å². The second-order valence-corrected chi connectivity index (χ2v) is 9.35. The normalized spacial score (nSPS) is 20.1. The summed E-state index contributed by atoms with van der Waals surface area (Å²) >= 11 is 0. The lowest BCUT2D eigenvalue weighted by Gasteiger charge is -2.40. The Bertz CT molecular complexity index is 761. The van der Waals surface area contributed by atoms with Gasteiger partial charge in [0.15, 0.2) is 6.61 Å². The van der Waals surface area contributed by atoms with Gasteiger partial charge in [0, 0.05) is 37.9 Å². The molecule has 2 aliphatic heterocycles. The Hall–Kier alpha value is -1.74. The average Bonchev–Trinajstić information content (AvgIpc) is 3.13. The average molecular weight is 532 g/mol. The van der Waals surface area contributed by atoms with Gasteiger partial charge in [-0.25, -0.2) is 9.59 Å². The predicted molar refractivity (Wildman–Crippen MR) is 142 cm³/mol. The highest BCUT2D eigenvalue weighted by atomic mass is 35.5. The van der Waals surface area contributed by atoms with Gasteiger partial charge in [0.1, 0.15) is 11.9 Å². The highest BCUT2D eigenvalue weighted by Gasteiger charge is 2.27. The van der Waals surface area contributed by atoms with Crippen LogP contribution in [0.2, 0.25) is 0 Å². The number of nitrogens with zero attached hydrogens (tertiary/aromatic N) is 2.